The Labute approximate surface area is 225 Å². The summed E-state index contributed by atoms with van der Waals surface area (Å²) in [5.74, 6) is -0.401. The lowest BCUT2D eigenvalue weighted by Gasteiger charge is -2.32. The van der Waals surface area contributed by atoms with Crippen LogP contribution in [0.1, 0.15) is 37.0 Å². The maximum atomic E-state index is 13.8. The summed E-state index contributed by atoms with van der Waals surface area (Å²) >= 11 is 16.2. The number of nitrogens with zero attached hydrogens (tertiary/aromatic N) is 1. The first kappa shape index (κ1) is 27.3. The molecule has 0 aliphatic rings. The number of rotatable bonds is 10. The van der Waals surface area contributed by atoms with Gasteiger partial charge in [-0.3, -0.25) is 9.59 Å². The second-order valence-electron chi connectivity index (χ2n) is 8.55. The molecule has 3 aromatic rings. The molecule has 0 radical (unpaired) electrons. The van der Waals surface area contributed by atoms with E-state index in [0.717, 1.165) is 22.0 Å². The average Bonchev–Trinajstić information content (AvgIpc) is 2.85. The summed E-state index contributed by atoms with van der Waals surface area (Å²) < 4.78 is 0.942. The van der Waals surface area contributed by atoms with Crippen LogP contribution in [-0.4, -0.2) is 28.8 Å². The van der Waals surface area contributed by atoms with Crippen molar-refractivity contribution < 1.29 is 9.59 Å². The predicted molar refractivity (Wildman–Crippen MR) is 147 cm³/mol. The van der Waals surface area contributed by atoms with Crippen LogP contribution >= 0.6 is 39.1 Å². The number of benzene rings is 3. The molecular formula is C28H29BrCl2N2O2. The van der Waals surface area contributed by atoms with Gasteiger partial charge in [-0.1, -0.05) is 94.6 Å². The first-order valence-corrected chi connectivity index (χ1v) is 13.1. The van der Waals surface area contributed by atoms with Gasteiger partial charge >= 0.3 is 0 Å². The molecule has 0 fully saturated rings. The van der Waals surface area contributed by atoms with Gasteiger partial charge < -0.3 is 10.2 Å². The Morgan fingerprint density at radius 2 is 1.54 bits per heavy atom. The molecule has 184 valence electrons. The standard InChI is InChI=1S/C28H29BrCl2N2O2/c1-3-19(2)32-28(35)26(16-20-8-5-4-6-9-20)33(18-21-12-14-22(29)15-13-21)27(34)17-23-24(30)10-7-11-25(23)31/h4-15,19,26H,3,16-18H2,1-2H3,(H,32,35)/t19-,26+/m0/s1. The largest absolute Gasteiger partial charge is 0.352 e. The van der Waals surface area contributed by atoms with E-state index in [1.54, 1.807) is 23.1 Å². The number of amides is 2. The maximum absolute atomic E-state index is 13.8. The van der Waals surface area contributed by atoms with Gasteiger partial charge in [-0.2, -0.15) is 0 Å². The molecule has 0 aromatic heterocycles. The van der Waals surface area contributed by atoms with E-state index in [-0.39, 0.29) is 30.8 Å². The lowest BCUT2D eigenvalue weighted by atomic mass is 10.0. The summed E-state index contributed by atoms with van der Waals surface area (Å²) in [5, 5.41) is 3.93. The van der Waals surface area contributed by atoms with Crippen LogP contribution in [0, 0.1) is 0 Å². The van der Waals surface area contributed by atoms with Crippen molar-refractivity contribution in [3.63, 3.8) is 0 Å². The fraction of sp³-hybridized carbons (Fsp3) is 0.286. The number of nitrogens with one attached hydrogen (secondary N) is 1. The van der Waals surface area contributed by atoms with Gasteiger partial charge in [0.15, 0.2) is 0 Å². The van der Waals surface area contributed by atoms with Crippen molar-refractivity contribution in [3.05, 3.63) is 104 Å². The van der Waals surface area contributed by atoms with Crippen LogP contribution in [0.4, 0.5) is 0 Å². The summed E-state index contributed by atoms with van der Waals surface area (Å²) in [6.07, 6.45) is 1.18. The number of hydrogen-bond acceptors (Lipinski definition) is 2. The Balaban J connectivity index is 2.00. The van der Waals surface area contributed by atoms with E-state index < -0.39 is 6.04 Å². The van der Waals surface area contributed by atoms with E-state index in [4.69, 9.17) is 23.2 Å². The summed E-state index contributed by atoms with van der Waals surface area (Å²) in [6.45, 7) is 4.25. The summed E-state index contributed by atoms with van der Waals surface area (Å²) in [4.78, 5) is 29.0. The SMILES string of the molecule is CC[C@H](C)NC(=O)[C@@H](Cc1ccccc1)N(Cc1ccc(Br)cc1)C(=O)Cc1c(Cl)cccc1Cl. The Kier molecular flexibility index (Phi) is 10.2. The number of hydrogen-bond donors (Lipinski definition) is 1. The topological polar surface area (TPSA) is 49.4 Å². The highest BCUT2D eigenvalue weighted by Gasteiger charge is 2.31. The summed E-state index contributed by atoms with van der Waals surface area (Å²) in [5.41, 5.74) is 2.45. The highest BCUT2D eigenvalue weighted by molar-refractivity contribution is 9.10. The zero-order chi connectivity index (χ0) is 25.4. The minimum atomic E-state index is -0.705. The zero-order valence-corrected chi connectivity index (χ0v) is 22.9. The third kappa shape index (κ3) is 7.83. The first-order chi connectivity index (χ1) is 16.8. The lowest BCUT2D eigenvalue weighted by molar-refractivity contribution is -0.141. The molecule has 3 rings (SSSR count). The summed E-state index contributed by atoms with van der Waals surface area (Å²) in [6, 6.07) is 21.9. The molecule has 0 unspecified atom stereocenters. The van der Waals surface area contributed by atoms with Gasteiger partial charge in [0, 0.05) is 33.5 Å². The summed E-state index contributed by atoms with van der Waals surface area (Å²) in [7, 11) is 0. The van der Waals surface area contributed by atoms with Crippen LogP contribution in [0.25, 0.3) is 0 Å². The quantitative estimate of drug-likeness (QED) is 0.287. The smallest absolute Gasteiger partial charge is 0.243 e. The van der Waals surface area contributed by atoms with Crippen molar-refractivity contribution in [3.8, 4) is 0 Å². The van der Waals surface area contributed by atoms with Gasteiger partial charge in [0.2, 0.25) is 11.8 Å². The lowest BCUT2D eigenvalue weighted by Crippen LogP contribution is -2.52. The zero-order valence-electron chi connectivity index (χ0n) is 19.8. The monoisotopic (exact) mass is 574 g/mol. The Morgan fingerprint density at radius 3 is 2.14 bits per heavy atom. The molecular weight excluding hydrogens is 547 g/mol. The van der Waals surface area contributed by atoms with Crippen molar-refractivity contribution >= 4 is 50.9 Å². The highest BCUT2D eigenvalue weighted by atomic mass is 79.9. The van der Waals surface area contributed by atoms with Crippen LogP contribution in [0.3, 0.4) is 0 Å². The minimum Gasteiger partial charge on any atom is -0.352 e. The van der Waals surface area contributed by atoms with Crippen LogP contribution in [0.2, 0.25) is 10.0 Å². The molecule has 0 bridgehead atoms. The molecule has 7 heteroatoms. The fourth-order valence-electron chi connectivity index (χ4n) is 3.74. The van der Waals surface area contributed by atoms with E-state index in [1.807, 2.05) is 68.4 Å². The van der Waals surface area contributed by atoms with E-state index in [9.17, 15) is 9.59 Å². The van der Waals surface area contributed by atoms with E-state index in [2.05, 4.69) is 21.2 Å². The number of carbonyl (C=O) groups is 2. The van der Waals surface area contributed by atoms with Gasteiger partial charge in [0.1, 0.15) is 6.04 Å². The van der Waals surface area contributed by atoms with Crippen LogP contribution in [-0.2, 0) is 29.0 Å². The molecule has 0 aliphatic heterocycles. The minimum absolute atomic E-state index is 0.00304. The van der Waals surface area contributed by atoms with Crippen LogP contribution < -0.4 is 5.32 Å². The second kappa shape index (κ2) is 13.1. The number of halogens is 3. The molecule has 1 N–H and O–H groups in total. The van der Waals surface area contributed by atoms with Crippen LogP contribution in [0.5, 0.6) is 0 Å². The molecule has 2 atom stereocenters. The van der Waals surface area contributed by atoms with Crippen molar-refractivity contribution in [2.75, 3.05) is 0 Å². The van der Waals surface area contributed by atoms with Gasteiger partial charge in [-0.25, -0.2) is 0 Å². The van der Waals surface area contributed by atoms with E-state index in [0.29, 0.717) is 22.0 Å². The molecule has 0 spiro atoms. The third-order valence-electron chi connectivity index (χ3n) is 5.93. The Bertz CT molecular complexity index is 1120. The first-order valence-electron chi connectivity index (χ1n) is 11.6. The van der Waals surface area contributed by atoms with Gasteiger partial charge in [-0.15, -0.1) is 0 Å². The molecule has 0 saturated heterocycles. The molecule has 0 saturated carbocycles. The Hall–Kier alpha value is -2.34. The Morgan fingerprint density at radius 1 is 0.914 bits per heavy atom. The van der Waals surface area contributed by atoms with Gasteiger partial charge in [0.25, 0.3) is 0 Å². The van der Waals surface area contributed by atoms with E-state index >= 15 is 0 Å². The van der Waals surface area contributed by atoms with Gasteiger partial charge in [0.05, 0.1) is 6.42 Å². The predicted octanol–water partition coefficient (Wildman–Crippen LogP) is 6.85. The van der Waals surface area contributed by atoms with Crippen molar-refractivity contribution in [2.45, 2.75) is 51.7 Å². The molecule has 2 amide bonds. The number of carbonyl (C=O) groups excluding carboxylic acids is 2. The maximum Gasteiger partial charge on any atom is 0.243 e. The fourth-order valence-corrected chi connectivity index (χ4v) is 4.53. The van der Waals surface area contributed by atoms with Gasteiger partial charge in [-0.05, 0) is 54.3 Å². The molecule has 35 heavy (non-hydrogen) atoms. The molecule has 0 heterocycles. The second-order valence-corrected chi connectivity index (χ2v) is 10.3. The molecule has 0 aliphatic carbocycles. The average molecular weight is 576 g/mol. The van der Waals surface area contributed by atoms with Crippen LogP contribution in [0.15, 0.2) is 77.3 Å². The third-order valence-corrected chi connectivity index (χ3v) is 7.16. The van der Waals surface area contributed by atoms with Crippen molar-refractivity contribution in [2.24, 2.45) is 0 Å². The molecule has 4 nitrogen and oxygen atoms in total. The molecule has 3 aromatic carbocycles. The van der Waals surface area contributed by atoms with Crippen molar-refractivity contribution in [1.29, 1.82) is 0 Å². The van der Waals surface area contributed by atoms with E-state index in [1.165, 1.54) is 0 Å². The van der Waals surface area contributed by atoms with Crippen molar-refractivity contribution in [1.82, 2.24) is 10.2 Å². The highest BCUT2D eigenvalue weighted by Crippen LogP contribution is 2.26. The normalized spacial score (nSPS) is 12.6.